The summed E-state index contributed by atoms with van der Waals surface area (Å²) in [4.78, 5) is 35.1. The third-order valence-corrected chi connectivity index (χ3v) is 5.89. The highest BCUT2D eigenvalue weighted by molar-refractivity contribution is 7.84. The van der Waals surface area contributed by atoms with Crippen LogP contribution in [0.2, 0.25) is 0 Å². The fraction of sp³-hybridized carbons (Fsp3) is 0.312. The SMILES string of the molecule is C=C(O)CO/N=C(\C(=O)NC1C(=O)N(S(=O)(=O)O)C1Cn1ncc(CC#N)n1)c1csc(N)n1. The van der Waals surface area contributed by atoms with Crippen LogP contribution < -0.4 is 11.1 Å². The summed E-state index contributed by atoms with van der Waals surface area (Å²) < 4.78 is 33.0. The molecule has 2 unspecified atom stereocenters. The minimum absolute atomic E-state index is 0.00611. The molecule has 1 fully saturated rings. The molecule has 34 heavy (non-hydrogen) atoms. The fourth-order valence-corrected chi connectivity index (χ4v) is 4.29. The maximum absolute atomic E-state index is 12.9. The van der Waals surface area contributed by atoms with Crippen molar-refractivity contribution in [2.45, 2.75) is 25.0 Å². The zero-order valence-electron chi connectivity index (χ0n) is 17.1. The number of anilines is 1. The number of carbonyl (C=O) groups is 2. The molecule has 0 saturated carbocycles. The number of hydrogen-bond acceptors (Lipinski definition) is 13. The Morgan fingerprint density at radius 2 is 2.24 bits per heavy atom. The molecule has 0 spiro atoms. The molecule has 18 heteroatoms. The number of nitriles is 1. The first-order valence-electron chi connectivity index (χ1n) is 9.16. The molecule has 1 aliphatic heterocycles. The first-order chi connectivity index (χ1) is 16.0. The van der Waals surface area contributed by atoms with Crippen LogP contribution in [-0.2, 0) is 37.7 Å². The van der Waals surface area contributed by atoms with Crippen molar-refractivity contribution in [1.29, 1.82) is 5.26 Å². The van der Waals surface area contributed by atoms with Gasteiger partial charge >= 0.3 is 10.3 Å². The average Bonchev–Trinajstić information content (AvgIpc) is 3.36. The number of nitrogen functional groups attached to an aromatic ring is 1. The Bertz CT molecular complexity index is 1290. The van der Waals surface area contributed by atoms with Gasteiger partial charge in [0.05, 0.1) is 30.9 Å². The lowest BCUT2D eigenvalue weighted by Gasteiger charge is -2.43. The van der Waals surface area contributed by atoms with Crippen molar-refractivity contribution >= 4 is 44.3 Å². The molecule has 2 atom stereocenters. The maximum atomic E-state index is 12.9. The predicted octanol–water partition coefficient (Wildman–Crippen LogP) is -1.63. The standard InChI is InChI=1S/C16H17N9O7S2/c1-8(26)6-32-23-12(10-7-33-16(18)20-10)14(27)21-13-11(25(15(13)28)34(29,30)31)5-24-19-4-9(22-24)2-3-17/h4,7,11,13,26H,1-2,5-6H2,(H2,18,20)(H,21,27)(H,29,30,31)/b23-12-. The molecule has 1 aliphatic rings. The summed E-state index contributed by atoms with van der Waals surface area (Å²) in [5.41, 5.74) is 5.46. The van der Waals surface area contributed by atoms with Crippen molar-refractivity contribution in [3.63, 3.8) is 0 Å². The molecule has 180 valence electrons. The van der Waals surface area contributed by atoms with Gasteiger partial charge in [0.2, 0.25) is 0 Å². The van der Waals surface area contributed by atoms with Crippen LogP contribution in [0.3, 0.4) is 0 Å². The van der Waals surface area contributed by atoms with Gasteiger partial charge in [-0.15, -0.1) is 11.3 Å². The normalized spacial score (nSPS) is 18.2. The lowest BCUT2D eigenvalue weighted by Crippen LogP contribution is -2.73. The Labute approximate surface area is 195 Å². The van der Waals surface area contributed by atoms with E-state index in [4.69, 9.17) is 20.9 Å². The van der Waals surface area contributed by atoms with E-state index in [2.05, 4.69) is 32.2 Å². The number of nitrogens with one attached hydrogen (secondary N) is 1. The van der Waals surface area contributed by atoms with E-state index in [9.17, 15) is 22.6 Å². The van der Waals surface area contributed by atoms with Crippen LogP contribution in [-0.4, -0.2) is 78.6 Å². The number of amides is 2. The fourth-order valence-electron chi connectivity index (χ4n) is 2.87. The van der Waals surface area contributed by atoms with Gasteiger partial charge in [0.15, 0.2) is 17.5 Å². The smallest absolute Gasteiger partial charge is 0.362 e. The first-order valence-corrected chi connectivity index (χ1v) is 11.4. The lowest BCUT2D eigenvalue weighted by atomic mass is 9.98. The number of oxime groups is 1. The van der Waals surface area contributed by atoms with Crippen molar-refractivity contribution in [3.05, 3.63) is 35.3 Å². The van der Waals surface area contributed by atoms with E-state index in [0.29, 0.717) is 5.69 Å². The number of nitrogens with zero attached hydrogens (tertiary/aromatic N) is 7. The monoisotopic (exact) mass is 511 g/mol. The largest absolute Gasteiger partial charge is 0.509 e. The second-order valence-corrected chi connectivity index (χ2v) is 8.89. The number of aliphatic hydroxyl groups excluding tert-OH is 1. The third-order valence-electron chi connectivity index (χ3n) is 4.27. The van der Waals surface area contributed by atoms with Crippen LogP contribution in [0.1, 0.15) is 11.4 Å². The van der Waals surface area contributed by atoms with E-state index in [1.807, 2.05) is 6.07 Å². The van der Waals surface area contributed by atoms with Gasteiger partial charge in [-0.25, -0.2) is 9.29 Å². The number of rotatable bonds is 10. The number of hydrogen-bond donors (Lipinski definition) is 4. The molecule has 5 N–H and O–H groups in total. The first kappa shape index (κ1) is 24.6. The molecule has 2 aromatic rings. The van der Waals surface area contributed by atoms with Crippen LogP contribution in [0.25, 0.3) is 0 Å². The Kier molecular flexibility index (Phi) is 7.09. The molecule has 0 bridgehead atoms. The van der Waals surface area contributed by atoms with E-state index in [1.54, 1.807) is 0 Å². The zero-order valence-corrected chi connectivity index (χ0v) is 18.7. The topological polar surface area (TPSA) is 239 Å². The summed E-state index contributed by atoms with van der Waals surface area (Å²) in [6, 6.07) is -0.846. The molecule has 1 saturated heterocycles. The Morgan fingerprint density at radius 3 is 2.82 bits per heavy atom. The summed E-state index contributed by atoms with van der Waals surface area (Å²) in [6.07, 6.45) is 1.22. The molecule has 0 radical (unpaired) electrons. The summed E-state index contributed by atoms with van der Waals surface area (Å²) in [5.74, 6) is -2.47. The van der Waals surface area contributed by atoms with Crippen molar-refractivity contribution in [2.24, 2.45) is 5.16 Å². The van der Waals surface area contributed by atoms with Crippen molar-refractivity contribution in [1.82, 2.24) is 29.6 Å². The number of nitrogens with two attached hydrogens (primary N) is 1. The molecular formula is C16H17N9O7S2. The quantitative estimate of drug-likeness (QED) is 0.0924. The predicted molar refractivity (Wildman–Crippen MR) is 114 cm³/mol. The molecule has 3 heterocycles. The van der Waals surface area contributed by atoms with Crippen molar-refractivity contribution in [2.75, 3.05) is 12.3 Å². The van der Waals surface area contributed by atoms with Crippen molar-refractivity contribution in [3.8, 4) is 6.07 Å². The summed E-state index contributed by atoms with van der Waals surface area (Å²) in [7, 11) is -4.96. The summed E-state index contributed by atoms with van der Waals surface area (Å²) >= 11 is 0.994. The van der Waals surface area contributed by atoms with Crippen molar-refractivity contribution < 1.29 is 32.5 Å². The minimum Gasteiger partial charge on any atom is -0.509 e. The lowest BCUT2D eigenvalue weighted by molar-refractivity contribution is -0.145. The number of aliphatic hydroxyl groups is 1. The van der Waals surface area contributed by atoms with E-state index in [0.717, 1.165) is 16.1 Å². The van der Waals surface area contributed by atoms with Gasteiger partial charge in [-0.2, -0.15) is 28.7 Å². The number of thiazole rings is 1. The highest BCUT2D eigenvalue weighted by Crippen LogP contribution is 2.25. The molecule has 16 nitrogen and oxygen atoms in total. The van der Waals surface area contributed by atoms with Gasteiger partial charge in [-0.05, 0) is 0 Å². The van der Waals surface area contributed by atoms with Crippen LogP contribution in [0.15, 0.2) is 29.1 Å². The minimum atomic E-state index is -4.96. The molecule has 2 aromatic heterocycles. The summed E-state index contributed by atoms with van der Waals surface area (Å²) in [6.45, 7) is 2.44. The van der Waals surface area contributed by atoms with Crippen LogP contribution in [0.4, 0.5) is 5.13 Å². The van der Waals surface area contributed by atoms with Gasteiger partial charge < -0.3 is 21.0 Å². The molecule has 3 rings (SSSR count). The molecule has 2 amide bonds. The Balaban J connectivity index is 1.84. The van der Waals surface area contributed by atoms with E-state index >= 15 is 0 Å². The van der Waals surface area contributed by atoms with Crippen LogP contribution in [0.5, 0.6) is 0 Å². The van der Waals surface area contributed by atoms with Gasteiger partial charge in [0.1, 0.15) is 23.5 Å². The van der Waals surface area contributed by atoms with Crippen LogP contribution >= 0.6 is 11.3 Å². The molecule has 0 aromatic carbocycles. The summed E-state index contributed by atoms with van der Waals surface area (Å²) in [5, 5.41) is 33.2. The Morgan fingerprint density at radius 1 is 1.50 bits per heavy atom. The number of carbonyl (C=O) groups excluding carboxylic acids is 2. The number of β-lactam (4-membered cyclic amide) rings is 1. The average molecular weight is 512 g/mol. The second-order valence-electron chi connectivity index (χ2n) is 6.71. The van der Waals surface area contributed by atoms with E-state index < -0.39 is 46.5 Å². The number of aromatic nitrogens is 4. The second kappa shape index (κ2) is 9.82. The van der Waals surface area contributed by atoms with E-state index in [-0.39, 0.29) is 33.9 Å². The highest BCUT2D eigenvalue weighted by Gasteiger charge is 2.54. The third kappa shape index (κ3) is 5.45. The highest BCUT2D eigenvalue weighted by atomic mass is 32.2. The maximum Gasteiger partial charge on any atom is 0.362 e. The van der Waals surface area contributed by atoms with Gasteiger partial charge in [0.25, 0.3) is 11.8 Å². The molecule has 0 aliphatic carbocycles. The zero-order chi connectivity index (χ0) is 25.0. The van der Waals surface area contributed by atoms with Gasteiger partial charge in [-0.1, -0.05) is 11.7 Å². The van der Waals surface area contributed by atoms with E-state index in [1.165, 1.54) is 11.6 Å². The van der Waals surface area contributed by atoms with Gasteiger partial charge in [0, 0.05) is 5.38 Å². The Hall–Kier alpha value is -4.08. The van der Waals surface area contributed by atoms with Crippen LogP contribution in [0, 0.1) is 11.3 Å². The van der Waals surface area contributed by atoms with Gasteiger partial charge in [-0.3, -0.25) is 14.1 Å². The molecular weight excluding hydrogens is 494 g/mol.